The van der Waals surface area contributed by atoms with E-state index in [1.165, 1.54) is 18.2 Å². The first-order valence-corrected chi connectivity index (χ1v) is 10.7. The molecule has 0 heterocycles. The van der Waals surface area contributed by atoms with E-state index in [0.29, 0.717) is 12.2 Å². The van der Waals surface area contributed by atoms with Gasteiger partial charge < -0.3 is 10.4 Å². The SMILES string of the molecule is CCCCCCCC(=O)NC(CSc1ccc2ccccc2c1)CC(=O)O. The lowest BCUT2D eigenvalue weighted by atomic mass is 10.1. The van der Waals surface area contributed by atoms with Gasteiger partial charge in [-0.05, 0) is 29.3 Å². The van der Waals surface area contributed by atoms with Crippen molar-refractivity contribution in [2.45, 2.75) is 62.8 Å². The maximum Gasteiger partial charge on any atom is 0.305 e. The van der Waals surface area contributed by atoms with E-state index in [2.05, 4.69) is 36.5 Å². The van der Waals surface area contributed by atoms with Gasteiger partial charge in [-0.25, -0.2) is 0 Å². The summed E-state index contributed by atoms with van der Waals surface area (Å²) in [6, 6.07) is 14.0. The number of benzene rings is 2. The van der Waals surface area contributed by atoms with Crippen molar-refractivity contribution in [1.82, 2.24) is 5.32 Å². The number of fused-ring (bicyclic) bond motifs is 1. The molecule has 0 saturated carbocycles. The van der Waals surface area contributed by atoms with Crippen LogP contribution in [-0.2, 0) is 9.59 Å². The minimum atomic E-state index is -0.887. The molecule has 0 aliphatic rings. The van der Waals surface area contributed by atoms with Gasteiger partial charge in [0, 0.05) is 23.1 Å². The lowest BCUT2D eigenvalue weighted by molar-refractivity contribution is -0.137. The number of unbranched alkanes of at least 4 members (excludes halogenated alkanes) is 4. The molecular formula is C22H29NO3S. The first-order valence-electron chi connectivity index (χ1n) is 9.71. The smallest absolute Gasteiger partial charge is 0.305 e. The molecule has 0 aliphatic carbocycles. The fourth-order valence-electron chi connectivity index (χ4n) is 3.01. The Bertz CT molecular complexity index is 747. The third-order valence-corrected chi connectivity index (χ3v) is 5.62. The summed E-state index contributed by atoms with van der Waals surface area (Å²) in [6.45, 7) is 2.16. The maximum absolute atomic E-state index is 12.1. The van der Waals surface area contributed by atoms with Gasteiger partial charge in [0.25, 0.3) is 0 Å². The van der Waals surface area contributed by atoms with Crippen molar-refractivity contribution in [3.8, 4) is 0 Å². The van der Waals surface area contributed by atoms with E-state index in [0.717, 1.165) is 29.5 Å². The Morgan fingerprint density at radius 3 is 2.52 bits per heavy atom. The van der Waals surface area contributed by atoms with Gasteiger partial charge in [-0.2, -0.15) is 0 Å². The Kier molecular flexibility index (Phi) is 9.19. The number of rotatable bonds is 12. The van der Waals surface area contributed by atoms with E-state index in [-0.39, 0.29) is 18.4 Å². The van der Waals surface area contributed by atoms with Gasteiger partial charge in [0.05, 0.1) is 6.42 Å². The number of carbonyl (C=O) groups excluding carboxylic acids is 1. The zero-order chi connectivity index (χ0) is 19.5. The molecule has 2 aromatic rings. The maximum atomic E-state index is 12.1. The van der Waals surface area contributed by atoms with Crippen LogP contribution in [0.3, 0.4) is 0 Å². The van der Waals surface area contributed by atoms with Gasteiger partial charge >= 0.3 is 5.97 Å². The van der Waals surface area contributed by atoms with Crippen molar-refractivity contribution >= 4 is 34.4 Å². The highest BCUT2D eigenvalue weighted by Crippen LogP contribution is 2.24. The summed E-state index contributed by atoms with van der Waals surface area (Å²) in [4.78, 5) is 24.4. The second kappa shape index (κ2) is 11.7. The van der Waals surface area contributed by atoms with Crippen LogP contribution in [-0.4, -0.2) is 28.8 Å². The Balaban J connectivity index is 1.85. The van der Waals surface area contributed by atoms with Crippen LogP contribution in [0.2, 0.25) is 0 Å². The second-order valence-electron chi connectivity index (χ2n) is 6.85. The predicted molar refractivity (Wildman–Crippen MR) is 112 cm³/mol. The molecule has 146 valence electrons. The molecular weight excluding hydrogens is 358 g/mol. The molecule has 2 rings (SSSR count). The first kappa shape index (κ1) is 21.3. The summed E-state index contributed by atoms with van der Waals surface area (Å²) >= 11 is 1.58. The van der Waals surface area contributed by atoms with Gasteiger partial charge in [-0.15, -0.1) is 11.8 Å². The standard InChI is InChI=1S/C22H29NO3S/c1-2-3-4-5-6-11-21(24)23-19(15-22(25)26)16-27-20-13-12-17-9-7-8-10-18(17)14-20/h7-10,12-14,19H,2-6,11,15-16H2,1H3,(H,23,24)(H,25,26). The van der Waals surface area contributed by atoms with Crippen LogP contribution in [0.5, 0.6) is 0 Å². The van der Waals surface area contributed by atoms with E-state index in [1.54, 1.807) is 11.8 Å². The Labute approximate surface area is 165 Å². The molecule has 4 nitrogen and oxygen atoms in total. The quantitative estimate of drug-likeness (QED) is 0.385. The summed E-state index contributed by atoms with van der Waals surface area (Å²) in [5, 5.41) is 14.4. The van der Waals surface area contributed by atoms with Gasteiger partial charge in [0.1, 0.15) is 0 Å². The third kappa shape index (κ3) is 8.04. The second-order valence-corrected chi connectivity index (χ2v) is 7.94. The molecule has 0 fully saturated rings. The molecule has 5 heteroatoms. The minimum Gasteiger partial charge on any atom is -0.481 e. The number of thioether (sulfide) groups is 1. The van der Waals surface area contributed by atoms with E-state index in [4.69, 9.17) is 5.11 Å². The summed E-state index contributed by atoms with van der Waals surface area (Å²) in [6.07, 6.45) is 5.87. The summed E-state index contributed by atoms with van der Waals surface area (Å²) in [7, 11) is 0. The largest absolute Gasteiger partial charge is 0.481 e. The number of hydrogen-bond acceptors (Lipinski definition) is 3. The van der Waals surface area contributed by atoms with Crippen molar-refractivity contribution in [3.63, 3.8) is 0 Å². The molecule has 0 radical (unpaired) electrons. The van der Waals surface area contributed by atoms with E-state index in [1.807, 2.05) is 18.2 Å². The van der Waals surface area contributed by atoms with Crippen LogP contribution in [0.15, 0.2) is 47.4 Å². The molecule has 1 unspecified atom stereocenters. The molecule has 0 spiro atoms. The van der Waals surface area contributed by atoms with E-state index >= 15 is 0 Å². The Morgan fingerprint density at radius 1 is 1.04 bits per heavy atom. The van der Waals surface area contributed by atoms with Gasteiger partial charge in [-0.3, -0.25) is 9.59 Å². The van der Waals surface area contributed by atoms with Crippen molar-refractivity contribution in [3.05, 3.63) is 42.5 Å². The molecule has 0 bridgehead atoms. The van der Waals surface area contributed by atoms with Crippen LogP contribution >= 0.6 is 11.8 Å². The lowest BCUT2D eigenvalue weighted by Gasteiger charge is -2.17. The fraction of sp³-hybridized carbons (Fsp3) is 0.455. The predicted octanol–water partition coefficient (Wildman–Crippen LogP) is 5.25. The van der Waals surface area contributed by atoms with Crippen LogP contribution in [0.25, 0.3) is 10.8 Å². The van der Waals surface area contributed by atoms with Gasteiger partial charge in [0.2, 0.25) is 5.91 Å². The van der Waals surface area contributed by atoms with Crippen LogP contribution in [0, 0.1) is 0 Å². The normalized spacial score (nSPS) is 12.0. The molecule has 27 heavy (non-hydrogen) atoms. The molecule has 0 aliphatic heterocycles. The molecule has 0 aromatic heterocycles. The van der Waals surface area contributed by atoms with Crippen LogP contribution in [0.1, 0.15) is 51.9 Å². The minimum absolute atomic E-state index is 0.0446. The lowest BCUT2D eigenvalue weighted by Crippen LogP contribution is -2.38. The monoisotopic (exact) mass is 387 g/mol. The van der Waals surface area contributed by atoms with Crippen LogP contribution in [0.4, 0.5) is 0 Å². The van der Waals surface area contributed by atoms with Gasteiger partial charge in [0.15, 0.2) is 0 Å². The first-order chi connectivity index (χ1) is 13.1. The number of carboxylic acids is 1. The topological polar surface area (TPSA) is 66.4 Å². The van der Waals surface area contributed by atoms with Crippen molar-refractivity contribution in [2.24, 2.45) is 0 Å². The van der Waals surface area contributed by atoms with Crippen molar-refractivity contribution < 1.29 is 14.7 Å². The van der Waals surface area contributed by atoms with Crippen molar-refractivity contribution in [2.75, 3.05) is 5.75 Å². The third-order valence-electron chi connectivity index (χ3n) is 4.47. The number of aliphatic carboxylic acids is 1. The van der Waals surface area contributed by atoms with E-state index < -0.39 is 5.97 Å². The number of carbonyl (C=O) groups is 2. The Morgan fingerprint density at radius 2 is 1.78 bits per heavy atom. The zero-order valence-electron chi connectivity index (χ0n) is 15.9. The number of nitrogens with one attached hydrogen (secondary N) is 1. The summed E-state index contributed by atoms with van der Waals surface area (Å²) in [5.41, 5.74) is 0. The number of amides is 1. The summed E-state index contributed by atoms with van der Waals surface area (Å²) < 4.78 is 0. The summed E-state index contributed by atoms with van der Waals surface area (Å²) in [5.74, 6) is -0.383. The fourth-order valence-corrected chi connectivity index (χ4v) is 3.97. The average Bonchev–Trinajstić information content (AvgIpc) is 2.65. The highest BCUT2D eigenvalue weighted by atomic mass is 32.2. The van der Waals surface area contributed by atoms with Crippen LogP contribution < -0.4 is 5.32 Å². The van der Waals surface area contributed by atoms with Crippen molar-refractivity contribution in [1.29, 1.82) is 0 Å². The molecule has 1 amide bonds. The number of carboxylic acid groups (broad SMARTS) is 1. The average molecular weight is 388 g/mol. The molecule has 2 aromatic carbocycles. The molecule has 1 atom stereocenters. The van der Waals surface area contributed by atoms with Gasteiger partial charge in [-0.1, -0.05) is 62.9 Å². The molecule has 0 saturated heterocycles. The zero-order valence-corrected chi connectivity index (χ0v) is 16.8. The number of hydrogen-bond donors (Lipinski definition) is 2. The highest BCUT2D eigenvalue weighted by molar-refractivity contribution is 7.99. The Hall–Kier alpha value is -2.01. The highest BCUT2D eigenvalue weighted by Gasteiger charge is 2.16. The molecule has 2 N–H and O–H groups in total. The van der Waals surface area contributed by atoms with E-state index in [9.17, 15) is 9.59 Å².